The summed E-state index contributed by atoms with van der Waals surface area (Å²) >= 11 is 0. The Balaban J connectivity index is 1.89. The average molecular weight is 275 g/mol. The third-order valence-corrected chi connectivity index (χ3v) is 4.44. The van der Waals surface area contributed by atoms with Crippen molar-refractivity contribution in [3.63, 3.8) is 0 Å². The Morgan fingerprint density at radius 1 is 1.20 bits per heavy atom. The van der Waals surface area contributed by atoms with E-state index in [0.29, 0.717) is 0 Å². The van der Waals surface area contributed by atoms with Gasteiger partial charge in [-0.3, -0.25) is 0 Å². The summed E-state index contributed by atoms with van der Waals surface area (Å²) < 4.78 is 0. The molecule has 0 saturated heterocycles. The van der Waals surface area contributed by atoms with E-state index >= 15 is 0 Å². The molecule has 1 fully saturated rings. The minimum Gasteiger partial charge on any atom is -0.387 e. The van der Waals surface area contributed by atoms with E-state index in [1.54, 1.807) is 0 Å². The summed E-state index contributed by atoms with van der Waals surface area (Å²) in [5.74, 6) is 0.857. The molecule has 0 aromatic heterocycles. The molecule has 1 saturated carbocycles. The zero-order valence-corrected chi connectivity index (χ0v) is 13.4. The van der Waals surface area contributed by atoms with Gasteiger partial charge in [0.1, 0.15) is 0 Å². The number of nitrogens with zero attached hydrogens (tertiary/aromatic N) is 1. The SMILES string of the molecule is CN(CC1CCC1)CC(O)c1ccc(C(C)(C)C)cc1. The predicted molar refractivity (Wildman–Crippen MR) is 84.9 cm³/mol. The molecule has 2 heteroatoms. The first-order valence-electron chi connectivity index (χ1n) is 7.83. The lowest BCUT2D eigenvalue weighted by molar-refractivity contribution is 0.107. The maximum absolute atomic E-state index is 10.3. The van der Waals surface area contributed by atoms with Gasteiger partial charge in [0.05, 0.1) is 6.10 Å². The topological polar surface area (TPSA) is 23.5 Å². The Morgan fingerprint density at radius 3 is 2.25 bits per heavy atom. The van der Waals surface area contributed by atoms with Crippen molar-refractivity contribution in [2.45, 2.75) is 51.6 Å². The van der Waals surface area contributed by atoms with Crippen LogP contribution in [0.4, 0.5) is 0 Å². The molecule has 1 aromatic rings. The van der Waals surface area contributed by atoms with Crippen molar-refractivity contribution in [3.8, 4) is 0 Å². The largest absolute Gasteiger partial charge is 0.387 e. The summed E-state index contributed by atoms with van der Waals surface area (Å²) in [6.07, 6.45) is 3.73. The van der Waals surface area contributed by atoms with Crippen LogP contribution in [-0.4, -0.2) is 30.1 Å². The van der Waals surface area contributed by atoms with Gasteiger partial charge in [-0.15, -0.1) is 0 Å². The second-order valence-corrected chi connectivity index (χ2v) is 7.41. The van der Waals surface area contributed by atoms with Crippen LogP contribution in [0.1, 0.15) is 57.3 Å². The van der Waals surface area contributed by atoms with Crippen molar-refractivity contribution < 1.29 is 5.11 Å². The van der Waals surface area contributed by atoms with Crippen LogP contribution in [0.2, 0.25) is 0 Å². The molecule has 1 aliphatic carbocycles. The van der Waals surface area contributed by atoms with Crippen LogP contribution in [0, 0.1) is 5.92 Å². The van der Waals surface area contributed by atoms with Crippen molar-refractivity contribution in [3.05, 3.63) is 35.4 Å². The molecule has 112 valence electrons. The zero-order valence-electron chi connectivity index (χ0n) is 13.4. The molecule has 0 aliphatic heterocycles. The highest BCUT2D eigenvalue weighted by Gasteiger charge is 2.21. The molecule has 0 heterocycles. The molecular formula is C18H29NO. The second kappa shape index (κ2) is 6.28. The Bertz CT molecular complexity index is 414. The van der Waals surface area contributed by atoms with Crippen molar-refractivity contribution in [2.24, 2.45) is 5.92 Å². The van der Waals surface area contributed by atoms with Crippen LogP contribution in [0.25, 0.3) is 0 Å². The van der Waals surface area contributed by atoms with Gasteiger partial charge in [0.15, 0.2) is 0 Å². The fourth-order valence-corrected chi connectivity index (χ4v) is 2.80. The minimum atomic E-state index is -0.380. The van der Waals surface area contributed by atoms with E-state index in [-0.39, 0.29) is 11.5 Å². The van der Waals surface area contributed by atoms with Crippen molar-refractivity contribution >= 4 is 0 Å². The minimum absolute atomic E-state index is 0.171. The Kier molecular flexibility index (Phi) is 4.87. The summed E-state index contributed by atoms with van der Waals surface area (Å²) in [6.45, 7) is 8.49. The smallest absolute Gasteiger partial charge is 0.0916 e. The molecule has 20 heavy (non-hydrogen) atoms. The normalized spacial score (nSPS) is 18.1. The second-order valence-electron chi connectivity index (χ2n) is 7.41. The van der Waals surface area contributed by atoms with Crippen molar-refractivity contribution in [1.29, 1.82) is 0 Å². The third kappa shape index (κ3) is 4.07. The van der Waals surface area contributed by atoms with E-state index in [1.807, 2.05) is 0 Å². The predicted octanol–water partition coefficient (Wildman–Crippen LogP) is 3.75. The van der Waals surface area contributed by atoms with E-state index in [1.165, 1.54) is 24.8 Å². The van der Waals surface area contributed by atoms with Gasteiger partial charge in [-0.1, -0.05) is 51.5 Å². The number of rotatable bonds is 5. The van der Waals surface area contributed by atoms with Gasteiger partial charge in [0.25, 0.3) is 0 Å². The number of hydrogen-bond acceptors (Lipinski definition) is 2. The fourth-order valence-electron chi connectivity index (χ4n) is 2.80. The number of benzene rings is 1. The summed E-state index contributed by atoms with van der Waals surface area (Å²) in [6, 6.07) is 8.43. The lowest BCUT2D eigenvalue weighted by atomic mass is 9.85. The van der Waals surface area contributed by atoms with E-state index in [0.717, 1.165) is 24.6 Å². The molecule has 1 N–H and O–H groups in total. The van der Waals surface area contributed by atoms with Crippen LogP contribution >= 0.6 is 0 Å². The highest BCUT2D eigenvalue weighted by molar-refractivity contribution is 5.28. The van der Waals surface area contributed by atoms with Crippen LogP contribution in [-0.2, 0) is 5.41 Å². The first kappa shape index (κ1) is 15.5. The van der Waals surface area contributed by atoms with Crippen LogP contribution in [0.5, 0.6) is 0 Å². The standard InChI is InChI=1S/C18H29NO/c1-18(2,3)16-10-8-15(9-11-16)17(20)13-19(4)12-14-6-5-7-14/h8-11,14,17,20H,5-7,12-13H2,1-4H3. The molecule has 1 atom stereocenters. The van der Waals surface area contributed by atoms with Gasteiger partial charge >= 0.3 is 0 Å². The van der Waals surface area contributed by atoms with Gasteiger partial charge in [-0.2, -0.15) is 0 Å². The summed E-state index contributed by atoms with van der Waals surface area (Å²) in [5.41, 5.74) is 2.51. The molecule has 0 bridgehead atoms. The Labute approximate surface area is 123 Å². The van der Waals surface area contributed by atoms with Gasteiger partial charge < -0.3 is 10.0 Å². The van der Waals surface area contributed by atoms with E-state index < -0.39 is 0 Å². The van der Waals surface area contributed by atoms with Gasteiger partial charge in [-0.05, 0) is 42.3 Å². The monoisotopic (exact) mass is 275 g/mol. The van der Waals surface area contributed by atoms with Gasteiger partial charge in [0.2, 0.25) is 0 Å². The summed E-state index contributed by atoms with van der Waals surface area (Å²) in [7, 11) is 2.12. The molecule has 2 rings (SSSR count). The Morgan fingerprint density at radius 2 is 1.80 bits per heavy atom. The number of hydrogen-bond donors (Lipinski definition) is 1. The first-order chi connectivity index (χ1) is 9.36. The zero-order chi connectivity index (χ0) is 14.8. The van der Waals surface area contributed by atoms with Crippen LogP contribution in [0.3, 0.4) is 0 Å². The Hall–Kier alpha value is -0.860. The quantitative estimate of drug-likeness (QED) is 0.884. The molecule has 2 nitrogen and oxygen atoms in total. The van der Waals surface area contributed by atoms with Gasteiger partial charge in [0, 0.05) is 13.1 Å². The fraction of sp³-hybridized carbons (Fsp3) is 0.667. The van der Waals surface area contributed by atoms with E-state index in [4.69, 9.17) is 0 Å². The lowest BCUT2D eigenvalue weighted by Gasteiger charge is -2.31. The van der Waals surface area contributed by atoms with Crippen LogP contribution < -0.4 is 0 Å². The molecule has 0 amide bonds. The summed E-state index contributed by atoms with van der Waals surface area (Å²) in [4.78, 5) is 2.27. The first-order valence-corrected chi connectivity index (χ1v) is 7.83. The molecule has 0 radical (unpaired) electrons. The number of aliphatic hydroxyl groups excluding tert-OH is 1. The highest BCUT2D eigenvalue weighted by atomic mass is 16.3. The van der Waals surface area contributed by atoms with E-state index in [9.17, 15) is 5.11 Å². The molecule has 1 aromatic carbocycles. The maximum atomic E-state index is 10.3. The van der Waals surface area contributed by atoms with Gasteiger partial charge in [-0.25, -0.2) is 0 Å². The molecular weight excluding hydrogens is 246 g/mol. The van der Waals surface area contributed by atoms with Crippen LogP contribution in [0.15, 0.2) is 24.3 Å². The highest BCUT2D eigenvalue weighted by Crippen LogP contribution is 2.28. The summed E-state index contributed by atoms with van der Waals surface area (Å²) in [5, 5.41) is 10.3. The third-order valence-electron chi connectivity index (χ3n) is 4.44. The number of likely N-dealkylation sites (N-methyl/N-ethyl adjacent to an activating group) is 1. The molecule has 1 aliphatic rings. The van der Waals surface area contributed by atoms with E-state index in [2.05, 4.69) is 57.0 Å². The lowest BCUT2D eigenvalue weighted by Crippen LogP contribution is -2.32. The van der Waals surface area contributed by atoms with Crippen molar-refractivity contribution in [2.75, 3.05) is 20.1 Å². The number of aliphatic hydroxyl groups is 1. The maximum Gasteiger partial charge on any atom is 0.0916 e. The molecule has 0 spiro atoms. The van der Waals surface area contributed by atoms with Crippen molar-refractivity contribution in [1.82, 2.24) is 4.90 Å². The molecule has 1 unspecified atom stereocenters. The average Bonchev–Trinajstić information content (AvgIpc) is 2.33.